The number of hydrogen-bond acceptors (Lipinski definition) is 2. The number of nitrogens with zero attached hydrogens (tertiary/aromatic N) is 1. The lowest BCUT2D eigenvalue weighted by atomic mass is 9.36. The summed E-state index contributed by atoms with van der Waals surface area (Å²) in [6.45, 7) is 6.24. The highest BCUT2D eigenvalue weighted by molar-refractivity contribution is 6.12. The van der Waals surface area contributed by atoms with Crippen LogP contribution in [0.1, 0.15) is 44.4 Å². The van der Waals surface area contributed by atoms with Gasteiger partial charge < -0.3 is 4.57 Å². The van der Waals surface area contributed by atoms with Gasteiger partial charge >= 0.3 is 0 Å². The van der Waals surface area contributed by atoms with Crippen molar-refractivity contribution < 1.29 is 9.59 Å². The second kappa shape index (κ2) is 3.61. The van der Waals surface area contributed by atoms with E-state index in [2.05, 4.69) is 30.7 Å². The Hall–Kier alpha value is -1.90. The van der Waals surface area contributed by atoms with Crippen LogP contribution in [0.3, 0.4) is 0 Å². The number of Topliss-reactive ketones (excluding diaryl/α,β-unsaturated/α-hetero) is 2. The predicted octanol–water partition coefficient (Wildman–Crippen LogP) is 3.35. The lowest BCUT2D eigenvalue weighted by molar-refractivity contribution is -0.167. The van der Waals surface area contributed by atoms with Crippen molar-refractivity contribution in [3.05, 3.63) is 35.5 Å². The van der Waals surface area contributed by atoms with E-state index in [1.54, 1.807) is 0 Å². The van der Waals surface area contributed by atoms with E-state index >= 15 is 0 Å². The van der Waals surface area contributed by atoms with Gasteiger partial charge in [-0.05, 0) is 24.5 Å². The van der Waals surface area contributed by atoms with E-state index < -0.39 is 10.8 Å². The van der Waals surface area contributed by atoms with Crippen molar-refractivity contribution in [1.82, 2.24) is 4.57 Å². The molecule has 0 spiro atoms. The summed E-state index contributed by atoms with van der Waals surface area (Å²) in [5.41, 5.74) is 2.42. The van der Waals surface area contributed by atoms with E-state index in [0.717, 1.165) is 10.9 Å². The SMILES string of the molecule is C[C@H]1[C@H]2C(=O)C[C@]3(C)C(=O)[C@@]2(C)c2c(n(C)c4ccccc24)[C@H]13. The molecule has 5 aliphatic rings. The maximum Gasteiger partial charge on any atom is 0.150 e. The molecule has 1 heterocycles. The summed E-state index contributed by atoms with van der Waals surface area (Å²) in [5, 5.41) is 1.15. The van der Waals surface area contributed by atoms with Gasteiger partial charge in [-0.2, -0.15) is 0 Å². The monoisotopic (exact) mass is 307 g/mol. The van der Waals surface area contributed by atoms with Crippen LogP contribution in [0.15, 0.2) is 24.3 Å². The van der Waals surface area contributed by atoms with Crippen molar-refractivity contribution in [1.29, 1.82) is 0 Å². The van der Waals surface area contributed by atoms with Crippen molar-refractivity contribution in [2.45, 2.75) is 38.5 Å². The molecular weight excluding hydrogens is 286 g/mol. The predicted molar refractivity (Wildman–Crippen MR) is 88.4 cm³/mol. The molecule has 0 amide bonds. The molecule has 0 aliphatic heterocycles. The number of carbonyl (C=O) groups excluding carboxylic acids is 2. The van der Waals surface area contributed by atoms with Crippen molar-refractivity contribution in [2.75, 3.05) is 0 Å². The Morgan fingerprint density at radius 1 is 1.13 bits per heavy atom. The normalized spacial score (nSPS) is 41.0. The van der Waals surface area contributed by atoms with Gasteiger partial charge in [0, 0.05) is 47.3 Å². The van der Waals surface area contributed by atoms with Crippen molar-refractivity contribution >= 4 is 22.5 Å². The first-order valence-electron chi connectivity index (χ1n) is 8.49. The molecule has 3 heteroatoms. The number of aryl methyl sites for hydroxylation is 1. The smallest absolute Gasteiger partial charge is 0.150 e. The third kappa shape index (κ3) is 1.14. The summed E-state index contributed by atoms with van der Waals surface area (Å²) in [6.07, 6.45) is 0.419. The summed E-state index contributed by atoms with van der Waals surface area (Å²) >= 11 is 0. The van der Waals surface area contributed by atoms with Gasteiger partial charge in [-0.25, -0.2) is 0 Å². The summed E-state index contributed by atoms with van der Waals surface area (Å²) < 4.78 is 2.28. The van der Waals surface area contributed by atoms with Gasteiger partial charge in [0.05, 0.1) is 5.41 Å². The largest absolute Gasteiger partial charge is 0.347 e. The topological polar surface area (TPSA) is 39.1 Å². The second-order valence-electron chi connectivity index (χ2n) is 8.24. The number of fused-ring (bicyclic) bond motifs is 2. The second-order valence-corrected chi connectivity index (χ2v) is 8.24. The van der Waals surface area contributed by atoms with Crippen LogP contribution < -0.4 is 0 Å². The standard InChI is InChI=1S/C20H21NO2/c1-10-14-13(22)9-19(2)15(10)17-16(20(14,3)18(19)23)11-7-5-6-8-12(11)21(17)4/h5-8,10,14-15H,9H2,1-4H3/t10-,14-,15-,19-,20+/m0/s1. The fourth-order valence-corrected chi connectivity index (χ4v) is 6.59. The number of rotatable bonds is 0. The third-order valence-corrected chi connectivity index (χ3v) is 7.20. The lowest BCUT2D eigenvalue weighted by Gasteiger charge is -2.64. The molecule has 3 saturated carbocycles. The zero-order valence-corrected chi connectivity index (χ0v) is 14.0. The molecule has 118 valence electrons. The Morgan fingerprint density at radius 3 is 2.57 bits per heavy atom. The van der Waals surface area contributed by atoms with Crippen LogP contribution in [-0.2, 0) is 22.1 Å². The molecule has 1 aromatic carbocycles. The van der Waals surface area contributed by atoms with Crippen LogP contribution in [0, 0.1) is 17.3 Å². The minimum atomic E-state index is -0.658. The quantitative estimate of drug-likeness (QED) is 0.749. The minimum Gasteiger partial charge on any atom is -0.347 e. The fraction of sp³-hybridized carbons (Fsp3) is 0.500. The van der Waals surface area contributed by atoms with Crippen LogP contribution in [0.2, 0.25) is 0 Å². The average Bonchev–Trinajstić information content (AvgIpc) is 2.78. The minimum absolute atomic E-state index is 0.153. The Balaban J connectivity index is 2.01. The first-order chi connectivity index (χ1) is 10.8. The van der Waals surface area contributed by atoms with Gasteiger partial charge in [0.15, 0.2) is 5.78 Å². The zero-order chi connectivity index (χ0) is 16.3. The Bertz CT molecular complexity index is 923. The third-order valence-electron chi connectivity index (χ3n) is 7.20. The molecule has 5 aliphatic carbocycles. The van der Waals surface area contributed by atoms with Gasteiger partial charge in [-0.3, -0.25) is 9.59 Å². The molecule has 4 bridgehead atoms. The summed E-state index contributed by atoms with van der Waals surface area (Å²) in [6, 6.07) is 8.31. The number of benzene rings is 1. The lowest BCUT2D eigenvalue weighted by Crippen LogP contribution is -2.69. The molecule has 23 heavy (non-hydrogen) atoms. The average molecular weight is 307 g/mol. The Morgan fingerprint density at radius 2 is 1.83 bits per heavy atom. The number of aromatic nitrogens is 1. The molecular formula is C20H21NO2. The number of carbonyl (C=O) groups is 2. The number of ketones is 2. The molecule has 7 rings (SSSR count). The summed E-state index contributed by atoms with van der Waals surface area (Å²) in [4.78, 5) is 26.2. The van der Waals surface area contributed by atoms with Crippen molar-refractivity contribution in [2.24, 2.45) is 24.3 Å². The van der Waals surface area contributed by atoms with Crippen LogP contribution in [0.25, 0.3) is 10.9 Å². The maximum absolute atomic E-state index is 13.4. The summed E-state index contributed by atoms with van der Waals surface area (Å²) in [7, 11) is 2.11. The number of hydrogen-bond donors (Lipinski definition) is 0. The first kappa shape index (κ1) is 13.5. The highest BCUT2D eigenvalue weighted by atomic mass is 16.1. The van der Waals surface area contributed by atoms with Gasteiger partial charge in [-0.15, -0.1) is 0 Å². The molecule has 1 aromatic heterocycles. The Labute approximate surface area is 135 Å². The Kier molecular flexibility index (Phi) is 2.12. The van der Waals surface area contributed by atoms with Crippen LogP contribution in [-0.4, -0.2) is 16.1 Å². The van der Waals surface area contributed by atoms with E-state index in [4.69, 9.17) is 0 Å². The molecule has 0 N–H and O–H groups in total. The highest BCUT2D eigenvalue weighted by Crippen LogP contribution is 2.69. The van der Waals surface area contributed by atoms with Crippen LogP contribution >= 0.6 is 0 Å². The highest BCUT2D eigenvalue weighted by Gasteiger charge is 2.73. The maximum atomic E-state index is 13.4. The molecule has 3 fully saturated rings. The zero-order valence-electron chi connectivity index (χ0n) is 14.0. The van der Waals surface area contributed by atoms with E-state index in [1.165, 1.54) is 11.2 Å². The molecule has 5 atom stereocenters. The van der Waals surface area contributed by atoms with E-state index in [1.807, 2.05) is 26.0 Å². The molecule has 3 nitrogen and oxygen atoms in total. The van der Waals surface area contributed by atoms with E-state index in [-0.39, 0.29) is 23.5 Å². The van der Waals surface area contributed by atoms with Gasteiger partial charge in [-0.1, -0.05) is 32.0 Å². The van der Waals surface area contributed by atoms with Gasteiger partial charge in [0.2, 0.25) is 0 Å². The van der Waals surface area contributed by atoms with Gasteiger partial charge in [0.1, 0.15) is 5.78 Å². The van der Waals surface area contributed by atoms with Gasteiger partial charge in [0.25, 0.3) is 0 Å². The molecule has 2 aromatic rings. The summed E-state index contributed by atoms with van der Waals surface area (Å²) in [5.74, 6) is 0.824. The van der Waals surface area contributed by atoms with Crippen molar-refractivity contribution in [3.8, 4) is 0 Å². The molecule has 0 saturated heterocycles. The molecule has 0 radical (unpaired) electrons. The first-order valence-corrected chi connectivity index (χ1v) is 8.49. The fourth-order valence-electron chi connectivity index (χ4n) is 6.59. The van der Waals surface area contributed by atoms with E-state index in [9.17, 15) is 9.59 Å². The molecule has 0 unspecified atom stereocenters. The van der Waals surface area contributed by atoms with Crippen molar-refractivity contribution in [3.63, 3.8) is 0 Å². The van der Waals surface area contributed by atoms with E-state index in [0.29, 0.717) is 12.2 Å². The van der Waals surface area contributed by atoms with Crippen LogP contribution in [0.4, 0.5) is 0 Å². The number of para-hydroxylation sites is 1. The van der Waals surface area contributed by atoms with Crippen LogP contribution in [0.5, 0.6) is 0 Å².